The number of benzene rings is 2. The number of amides is 2. The van der Waals surface area contributed by atoms with Crippen LogP contribution in [0.1, 0.15) is 22.8 Å². The zero-order valence-corrected chi connectivity index (χ0v) is 17.7. The van der Waals surface area contributed by atoms with Crippen LogP contribution in [0, 0.1) is 0 Å². The van der Waals surface area contributed by atoms with Gasteiger partial charge in [0.1, 0.15) is 24.1 Å². The first kappa shape index (κ1) is 20.6. The number of carbonyl (C=O) groups excluding carboxylic acids is 3. The monoisotopic (exact) mass is 446 g/mol. The van der Waals surface area contributed by atoms with Gasteiger partial charge in [0, 0.05) is 23.2 Å². The van der Waals surface area contributed by atoms with Crippen molar-refractivity contribution in [1.82, 2.24) is 10.2 Å². The Morgan fingerprint density at radius 2 is 2.00 bits per heavy atom. The van der Waals surface area contributed by atoms with Gasteiger partial charge in [-0.3, -0.25) is 19.3 Å². The average molecular weight is 447 g/mol. The minimum absolute atomic E-state index is 0.147. The molecule has 2 heterocycles. The molecule has 156 valence electrons. The molecule has 2 unspecified atom stereocenters. The molecule has 1 fully saturated rings. The highest BCUT2D eigenvalue weighted by atomic mass is 35.5. The van der Waals surface area contributed by atoms with Crippen LogP contribution in [0.5, 0.6) is 11.5 Å². The molecule has 2 amide bonds. The smallest absolute Gasteiger partial charge is 0.287 e. The SMILES string of the molecule is CC(COc1ccc(CC2NC(=O)SC2=O)cc1)N1COc2ccc(Cl)cc2C1=O. The zero-order chi connectivity index (χ0) is 21.3. The Balaban J connectivity index is 1.33. The number of hydrogen-bond donors (Lipinski definition) is 1. The minimum atomic E-state index is -0.490. The van der Waals surface area contributed by atoms with Crippen LogP contribution in [-0.2, 0) is 11.2 Å². The van der Waals surface area contributed by atoms with Crippen LogP contribution in [0.25, 0.3) is 0 Å². The van der Waals surface area contributed by atoms with Crippen LogP contribution in [0.15, 0.2) is 42.5 Å². The lowest BCUT2D eigenvalue weighted by Crippen LogP contribution is -2.46. The summed E-state index contributed by atoms with van der Waals surface area (Å²) < 4.78 is 11.5. The molecule has 0 saturated carbocycles. The number of nitrogens with zero attached hydrogens (tertiary/aromatic N) is 1. The summed E-state index contributed by atoms with van der Waals surface area (Å²) in [6, 6.07) is 11.6. The van der Waals surface area contributed by atoms with Crippen molar-refractivity contribution < 1.29 is 23.9 Å². The molecule has 0 aliphatic carbocycles. The molecule has 0 radical (unpaired) electrons. The fourth-order valence-corrected chi connectivity index (χ4v) is 4.11. The third-order valence-electron chi connectivity index (χ3n) is 4.95. The predicted molar refractivity (Wildman–Crippen MR) is 113 cm³/mol. The van der Waals surface area contributed by atoms with Gasteiger partial charge >= 0.3 is 0 Å². The molecule has 2 aromatic rings. The summed E-state index contributed by atoms with van der Waals surface area (Å²) in [6.45, 7) is 2.32. The molecule has 0 aromatic heterocycles. The molecule has 2 aromatic carbocycles. The van der Waals surface area contributed by atoms with Crippen LogP contribution in [0.2, 0.25) is 5.02 Å². The summed E-state index contributed by atoms with van der Waals surface area (Å²) in [7, 11) is 0. The molecule has 2 aliphatic heterocycles. The molecular formula is C21H19ClN2O5S. The van der Waals surface area contributed by atoms with E-state index in [0.717, 1.165) is 5.56 Å². The fraction of sp³-hybridized carbons (Fsp3) is 0.286. The quantitative estimate of drug-likeness (QED) is 0.731. The number of hydrogen-bond acceptors (Lipinski definition) is 6. The Bertz CT molecular complexity index is 997. The van der Waals surface area contributed by atoms with Gasteiger partial charge in [-0.15, -0.1) is 0 Å². The summed E-state index contributed by atoms with van der Waals surface area (Å²) in [4.78, 5) is 37.3. The number of ether oxygens (including phenoxy) is 2. The van der Waals surface area contributed by atoms with Crippen LogP contribution < -0.4 is 14.8 Å². The third-order valence-corrected chi connectivity index (χ3v) is 5.97. The predicted octanol–water partition coefficient (Wildman–Crippen LogP) is 3.49. The van der Waals surface area contributed by atoms with E-state index in [1.165, 1.54) is 0 Å². The summed E-state index contributed by atoms with van der Waals surface area (Å²) in [5, 5.41) is 2.66. The van der Waals surface area contributed by atoms with Crippen LogP contribution in [0.4, 0.5) is 4.79 Å². The lowest BCUT2D eigenvalue weighted by molar-refractivity contribution is -0.112. The summed E-state index contributed by atoms with van der Waals surface area (Å²) >= 11 is 6.71. The Kier molecular flexibility index (Phi) is 5.87. The normalized spacial score (nSPS) is 19.2. The molecule has 7 nitrogen and oxygen atoms in total. The van der Waals surface area contributed by atoms with E-state index in [1.807, 2.05) is 19.1 Å². The lowest BCUT2D eigenvalue weighted by Gasteiger charge is -2.33. The summed E-state index contributed by atoms with van der Waals surface area (Å²) in [5.41, 5.74) is 1.36. The van der Waals surface area contributed by atoms with Crippen molar-refractivity contribution in [2.75, 3.05) is 13.3 Å². The van der Waals surface area contributed by atoms with Crippen molar-refractivity contribution in [3.05, 3.63) is 58.6 Å². The van der Waals surface area contributed by atoms with Crippen molar-refractivity contribution >= 4 is 39.6 Å². The molecule has 0 spiro atoms. The van der Waals surface area contributed by atoms with Crippen LogP contribution in [0.3, 0.4) is 0 Å². The molecule has 1 saturated heterocycles. The highest BCUT2D eigenvalue weighted by molar-refractivity contribution is 8.26. The van der Waals surface area contributed by atoms with E-state index in [9.17, 15) is 14.4 Å². The maximum absolute atomic E-state index is 12.8. The van der Waals surface area contributed by atoms with Crippen molar-refractivity contribution in [2.24, 2.45) is 0 Å². The average Bonchev–Trinajstić information content (AvgIpc) is 3.04. The van der Waals surface area contributed by atoms with Gasteiger partial charge in [-0.25, -0.2) is 0 Å². The van der Waals surface area contributed by atoms with Gasteiger partial charge in [-0.05, 0) is 42.8 Å². The maximum Gasteiger partial charge on any atom is 0.287 e. The van der Waals surface area contributed by atoms with Crippen LogP contribution in [-0.4, -0.2) is 46.6 Å². The molecule has 2 atom stereocenters. The van der Waals surface area contributed by atoms with E-state index in [1.54, 1.807) is 35.2 Å². The van der Waals surface area contributed by atoms with Crippen molar-refractivity contribution in [3.63, 3.8) is 0 Å². The van der Waals surface area contributed by atoms with E-state index < -0.39 is 6.04 Å². The Morgan fingerprint density at radius 1 is 1.23 bits per heavy atom. The number of halogens is 1. The van der Waals surface area contributed by atoms with Crippen molar-refractivity contribution in [2.45, 2.75) is 25.4 Å². The molecule has 0 bridgehead atoms. The first-order valence-corrected chi connectivity index (χ1v) is 10.6. The fourth-order valence-electron chi connectivity index (χ4n) is 3.27. The van der Waals surface area contributed by atoms with Gasteiger partial charge in [-0.1, -0.05) is 23.7 Å². The molecule has 2 aliphatic rings. The van der Waals surface area contributed by atoms with Crippen molar-refractivity contribution in [3.8, 4) is 11.5 Å². The third kappa shape index (κ3) is 4.39. The summed E-state index contributed by atoms with van der Waals surface area (Å²) in [5.74, 6) is 1.03. The lowest BCUT2D eigenvalue weighted by atomic mass is 10.1. The standard InChI is InChI=1S/C21H19ClN2O5S/c1-12(24-11-29-18-7-4-14(22)9-16(18)19(24)25)10-28-15-5-2-13(3-6-15)8-17-20(26)30-21(27)23-17/h2-7,9,12,17H,8,10-11H2,1H3,(H,23,27). The number of rotatable bonds is 6. The van der Waals surface area contributed by atoms with E-state index in [-0.39, 0.29) is 35.6 Å². The first-order chi connectivity index (χ1) is 14.4. The highest BCUT2D eigenvalue weighted by Gasteiger charge is 2.31. The van der Waals surface area contributed by atoms with E-state index >= 15 is 0 Å². The van der Waals surface area contributed by atoms with Gasteiger partial charge in [0.25, 0.3) is 11.1 Å². The largest absolute Gasteiger partial charge is 0.491 e. The van der Waals surface area contributed by atoms with Crippen LogP contribution >= 0.6 is 23.4 Å². The molecule has 9 heteroatoms. The minimum Gasteiger partial charge on any atom is -0.491 e. The second kappa shape index (κ2) is 8.57. The topological polar surface area (TPSA) is 84.9 Å². The number of carbonyl (C=O) groups is 3. The maximum atomic E-state index is 12.8. The second-order valence-electron chi connectivity index (χ2n) is 7.10. The molecule has 4 rings (SSSR count). The Labute approximate surface area is 182 Å². The van der Waals surface area contributed by atoms with Gasteiger partial charge < -0.3 is 14.8 Å². The summed E-state index contributed by atoms with van der Waals surface area (Å²) in [6.07, 6.45) is 0.440. The molecule has 30 heavy (non-hydrogen) atoms. The van der Waals surface area contributed by atoms with E-state index in [2.05, 4.69) is 5.32 Å². The van der Waals surface area contributed by atoms with E-state index in [0.29, 0.717) is 40.3 Å². The Hall–Kier alpha value is -2.71. The second-order valence-corrected chi connectivity index (χ2v) is 8.52. The van der Waals surface area contributed by atoms with Gasteiger partial charge in [0.2, 0.25) is 5.12 Å². The molecular weight excluding hydrogens is 428 g/mol. The first-order valence-electron chi connectivity index (χ1n) is 9.38. The number of thioether (sulfide) groups is 1. The zero-order valence-electron chi connectivity index (χ0n) is 16.1. The highest BCUT2D eigenvalue weighted by Crippen LogP contribution is 2.29. The van der Waals surface area contributed by atoms with Gasteiger partial charge in [0.05, 0.1) is 11.6 Å². The van der Waals surface area contributed by atoms with Gasteiger partial charge in [0.15, 0.2) is 6.73 Å². The number of nitrogens with one attached hydrogen (secondary N) is 1. The van der Waals surface area contributed by atoms with E-state index in [4.69, 9.17) is 21.1 Å². The van der Waals surface area contributed by atoms with Gasteiger partial charge in [-0.2, -0.15) is 0 Å². The number of fused-ring (bicyclic) bond motifs is 1. The Morgan fingerprint density at radius 3 is 2.70 bits per heavy atom. The molecule has 1 N–H and O–H groups in total. The van der Waals surface area contributed by atoms with Crippen molar-refractivity contribution in [1.29, 1.82) is 0 Å².